The van der Waals surface area contributed by atoms with Crippen LogP contribution in [0.25, 0.3) is 22.4 Å². The molecule has 3 atom stereocenters. The second-order valence-corrected chi connectivity index (χ2v) is 7.78. The van der Waals surface area contributed by atoms with Gasteiger partial charge in [-0.1, -0.05) is 6.07 Å². The molecule has 29 heavy (non-hydrogen) atoms. The van der Waals surface area contributed by atoms with E-state index in [0.717, 1.165) is 24.0 Å². The Bertz CT molecular complexity index is 1070. The second kappa shape index (κ2) is 7.33. The normalized spacial score (nSPS) is 23.1. The summed E-state index contributed by atoms with van der Waals surface area (Å²) in [6, 6.07) is 13.3. The van der Waals surface area contributed by atoms with E-state index in [4.69, 9.17) is 4.74 Å². The van der Waals surface area contributed by atoms with Crippen LogP contribution in [0.3, 0.4) is 0 Å². The van der Waals surface area contributed by atoms with E-state index in [9.17, 15) is 9.90 Å². The Morgan fingerprint density at radius 1 is 0.966 bits per heavy atom. The van der Waals surface area contributed by atoms with Gasteiger partial charge in [0.05, 0.1) is 5.69 Å². The van der Waals surface area contributed by atoms with E-state index in [2.05, 4.69) is 20.5 Å². The maximum atomic E-state index is 11.5. The van der Waals surface area contributed by atoms with Crippen LogP contribution in [0.2, 0.25) is 0 Å². The van der Waals surface area contributed by atoms with Gasteiger partial charge in [-0.25, -0.2) is 0 Å². The van der Waals surface area contributed by atoms with Crippen molar-refractivity contribution in [2.45, 2.75) is 43.9 Å². The van der Waals surface area contributed by atoms with Crippen LogP contribution >= 0.6 is 0 Å². The van der Waals surface area contributed by atoms with E-state index in [1.807, 2.05) is 6.07 Å². The van der Waals surface area contributed by atoms with Crippen LogP contribution in [0.5, 0.6) is 11.6 Å². The fourth-order valence-electron chi connectivity index (χ4n) is 4.35. The summed E-state index contributed by atoms with van der Waals surface area (Å²) in [4.78, 5) is 14.1. The third-order valence-electron chi connectivity index (χ3n) is 5.74. The van der Waals surface area contributed by atoms with Crippen LogP contribution < -0.4 is 15.6 Å². The predicted octanol–water partition coefficient (Wildman–Crippen LogP) is 2.87. The van der Waals surface area contributed by atoms with Crippen LogP contribution in [0.1, 0.15) is 25.7 Å². The summed E-state index contributed by atoms with van der Waals surface area (Å²) >= 11 is 0. The first-order chi connectivity index (χ1) is 14.1. The fraction of sp³-hybridized carbons (Fsp3) is 0.318. The van der Waals surface area contributed by atoms with Crippen molar-refractivity contribution >= 4 is 0 Å². The third-order valence-corrected chi connectivity index (χ3v) is 5.74. The van der Waals surface area contributed by atoms with Gasteiger partial charge in [-0.05, 0) is 61.1 Å². The topological polar surface area (TPSA) is 100 Å². The molecule has 5 rings (SSSR count). The summed E-state index contributed by atoms with van der Waals surface area (Å²) in [6.45, 7) is 0. The zero-order valence-corrected chi connectivity index (χ0v) is 15.8. The molecule has 3 N–H and O–H groups in total. The number of hydrogen-bond donors (Lipinski definition) is 3. The molecule has 0 spiro atoms. The molecule has 1 aromatic carbocycles. The Balaban J connectivity index is 1.32. The van der Waals surface area contributed by atoms with E-state index < -0.39 is 0 Å². The smallest absolute Gasteiger partial charge is 0.248 e. The highest BCUT2D eigenvalue weighted by atomic mass is 16.5. The number of pyridine rings is 1. The third kappa shape index (κ3) is 3.73. The Morgan fingerprint density at radius 2 is 1.76 bits per heavy atom. The van der Waals surface area contributed by atoms with Gasteiger partial charge < -0.3 is 20.1 Å². The first-order valence-corrected chi connectivity index (χ1v) is 9.93. The molecule has 2 aliphatic rings. The summed E-state index contributed by atoms with van der Waals surface area (Å²) in [5.74, 6) is 0.598. The monoisotopic (exact) mass is 390 g/mol. The Kier molecular flexibility index (Phi) is 4.52. The molecule has 7 heteroatoms. The van der Waals surface area contributed by atoms with Crippen molar-refractivity contribution in [1.82, 2.24) is 20.5 Å². The van der Waals surface area contributed by atoms with Gasteiger partial charge in [-0.2, -0.15) is 0 Å². The Labute approximate surface area is 167 Å². The molecular formula is C22H22N4O3. The fourth-order valence-corrected chi connectivity index (χ4v) is 4.35. The molecule has 0 unspecified atom stereocenters. The lowest BCUT2D eigenvalue weighted by Gasteiger charge is -2.28. The number of aromatic amines is 1. The van der Waals surface area contributed by atoms with Crippen LogP contribution in [-0.4, -0.2) is 38.5 Å². The van der Waals surface area contributed by atoms with Crippen LogP contribution in [0, 0.1) is 0 Å². The largest absolute Gasteiger partial charge is 0.507 e. The molecule has 0 aliphatic carbocycles. The molecule has 3 aromatic rings. The number of aromatic nitrogens is 3. The summed E-state index contributed by atoms with van der Waals surface area (Å²) in [6.07, 6.45) is 6.22. The van der Waals surface area contributed by atoms with Crippen molar-refractivity contribution in [3.8, 4) is 34.0 Å². The molecule has 2 bridgehead atoms. The molecule has 148 valence electrons. The van der Waals surface area contributed by atoms with Gasteiger partial charge in [0.15, 0.2) is 0 Å². The van der Waals surface area contributed by atoms with Gasteiger partial charge >= 0.3 is 0 Å². The second-order valence-electron chi connectivity index (χ2n) is 7.78. The molecule has 2 aliphatic heterocycles. The highest BCUT2D eigenvalue weighted by Crippen LogP contribution is 2.33. The number of nitrogens with zero attached hydrogens (tertiary/aromatic N) is 2. The van der Waals surface area contributed by atoms with Gasteiger partial charge in [0.25, 0.3) is 0 Å². The highest BCUT2D eigenvalue weighted by Gasteiger charge is 2.34. The number of fused-ring (bicyclic) bond motifs is 2. The molecule has 0 saturated carbocycles. The van der Waals surface area contributed by atoms with E-state index in [1.165, 1.54) is 18.9 Å². The van der Waals surface area contributed by atoms with Crippen molar-refractivity contribution < 1.29 is 9.84 Å². The quantitative estimate of drug-likeness (QED) is 0.633. The van der Waals surface area contributed by atoms with Gasteiger partial charge in [-0.3, -0.25) is 4.79 Å². The summed E-state index contributed by atoms with van der Waals surface area (Å²) in [7, 11) is 0. The summed E-state index contributed by atoms with van der Waals surface area (Å²) in [5, 5.41) is 22.5. The SMILES string of the molecule is O=c1cc(-c2ccc(-c3ccc(O[C@H]4C[C@H]5CC[C@@H](C4)N5)nn3)c(O)c2)cc[nH]1. The lowest BCUT2D eigenvalue weighted by Crippen LogP contribution is -2.42. The van der Waals surface area contributed by atoms with Gasteiger partial charge in [0.2, 0.25) is 11.4 Å². The zero-order valence-electron chi connectivity index (χ0n) is 15.8. The highest BCUT2D eigenvalue weighted by molar-refractivity contribution is 5.73. The maximum Gasteiger partial charge on any atom is 0.248 e. The van der Waals surface area contributed by atoms with Gasteiger partial charge in [0, 0.05) is 36.0 Å². The Morgan fingerprint density at radius 3 is 2.45 bits per heavy atom. The average Bonchev–Trinajstić information content (AvgIpc) is 3.07. The molecule has 4 heterocycles. The van der Waals surface area contributed by atoms with Crippen molar-refractivity contribution in [3.05, 3.63) is 59.0 Å². The van der Waals surface area contributed by atoms with E-state index in [0.29, 0.717) is 29.2 Å². The van der Waals surface area contributed by atoms with Gasteiger partial charge in [-0.15, -0.1) is 10.2 Å². The van der Waals surface area contributed by atoms with Gasteiger partial charge in [0.1, 0.15) is 11.9 Å². The minimum Gasteiger partial charge on any atom is -0.507 e. The van der Waals surface area contributed by atoms with Crippen molar-refractivity contribution in [2.24, 2.45) is 0 Å². The molecular weight excluding hydrogens is 368 g/mol. The molecule has 2 fully saturated rings. The number of nitrogens with one attached hydrogen (secondary N) is 2. The number of H-pyrrole nitrogens is 1. The summed E-state index contributed by atoms with van der Waals surface area (Å²) in [5.41, 5.74) is 2.46. The zero-order chi connectivity index (χ0) is 19.8. The minimum absolute atomic E-state index is 0.0840. The van der Waals surface area contributed by atoms with E-state index in [-0.39, 0.29) is 17.4 Å². The molecule has 2 aromatic heterocycles. The van der Waals surface area contributed by atoms with Crippen LogP contribution in [0.4, 0.5) is 0 Å². The molecule has 0 amide bonds. The first-order valence-electron chi connectivity index (χ1n) is 9.93. The standard InChI is InChI=1S/C22H22N4O3/c27-20-9-13(14-7-8-23-21(28)10-14)1-4-18(20)19-5-6-22(26-25-19)29-17-11-15-2-3-16(12-17)24-15/h1,4-10,15-17,24,27H,2-3,11-12H2,(H,23,28)/t15-,16+,17+. The number of piperidine rings is 1. The lowest BCUT2D eigenvalue weighted by atomic mass is 10.0. The van der Waals surface area contributed by atoms with Crippen molar-refractivity contribution in [3.63, 3.8) is 0 Å². The average molecular weight is 390 g/mol. The number of phenols is 1. The number of benzene rings is 1. The summed E-state index contributed by atoms with van der Waals surface area (Å²) < 4.78 is 6.04. The lowest BCUT2D eigenvalue weighted by molar-refractivity contribution is 0.130. The van der Waals surface area contributed by atoms with E-state index in [1.54, 1.807) is 36.5 Å². The minimum atomic E-state index is -0.186. The first kappa shape index (κ1) is 17.9. The van der Waals surface area contributed by atoms with E-state index >= 15 is 0 Å². The maximum absolute atomic E-state index is 11.5. The molecule has 2 saturated heterocycles. The number of ether oxygens (including phenoxy) is 1. The number of aromatic hydroxyl groups is 1. The van der Waals surface area contributed by atoms with Crippen LogP contribution in [-0.2, 0) is 0 Å². The number of rotatable bonds is 4. The van der Waals surface area contributed by atoms with Crippen LogP contribution in [0.15, 0.2) is 53.5 Å². The van der Waals surface area contributed by atoms with Crippen molar-refractivity contribution in [2.75, 3.05) is 0 Å². The number of phenolic OH excluding ortho intramolecular Hbond substituents is 1. The van der Waals surface area contributed by atoms with Crippen molar-refractivity contribution in [1.29, 1.82) is 0 Å². The molecule has 0 radical (unpaired) electrons. The Hall–Kier alpha value is -3.19. The molecule has 7 nitrogen and oxygen atoms in total. The number of hydrogen-bond acceptors (Lipinski definition) is 6. The predicted molar refractivity (Wildman–Crippen MR) is 109 cm³/mol.